The molecule has 0 radical (unpaired) electrons. The van der Waals surface area contributed by atoms with Gasteiger partial charge in [-0.25, -0.2) is 9.18 Å². The van der Waals surface area contributed by atoms with Crippen LogP contribution in [0.1, 0.15) is 36.1 Å². The Morgan fingerprint density at radius 1 is 0.972 bits per heavy atom. The smallest absolute Gasteiger partial charge is 0.430 e. The van der Waals surface area contributed by atoms with Crippen molar-refractivity contribution in [3.63, 3.8) is 0 Å². The van der Waals surface area contributed by atoms with Crippen LogP contribution in [0.5, 0.6) is 0 Å². The Hall–Kier alpha value is -3.72. The van der Waals surface area contributed by atoms with Crippen LogP contribution in [0.2, 0.25) is 0 Å². The number of benzene rings is 3. The monoisotopic (exact) mass is 500 g/mol. The molecule has 2 atom stereocenters. The number of anilines is 1. The molecule has 4 rings (SSSR count). The summed E-state index contributed by atoms with van der Waals surface area (Å²) < 4.78 is 58.1. The van der Waals surface area contributed by atoms with E-state index in [0.717, 1.165) is 0 Å². The number of alkyl halides is 3. The summed E-state index contributed by atoms with van der Waals surface area (Å²) in [7, 11) is 0. The van der Waals surface area contributed by atoms with Crippen LogP contribution in [0.3, 0.4) is 0 Å². The number of esters is 1. The van der Waals surface area contributed by atoms with Crippen molar-refractivity contribution in [2.75, 3.05) is 4.90 Å². The molecule has 0 bridgehead atoms. The molecule has 0 fully saturated rings. The minimum Gasteiger partial charge on any atom is -0.430 e. The Morgan fingerprint density at radius 2 is 1.56 bits per heavy atom. The molecule has 0 aromatic heterocycles. The highest BCUT2D eigenvalue weighted by Crippen LogP contribution is 2.33. The van der Waals surface area contributed by atoms with E-state index in [-0.39, 0.29) is 0 Å². The number of hydrogen-bond acceptors (Lipinski definition) is 4. The van der Waals surface area contributed by atoms with Crippen molar-refractivity contribution in [1.82, 2.24) is 5.32 Å². The number of carbonyl (C=O) groups excluding carboxylic acids is 2. The van der Waals surface area contributed by atoms with Crippen molar-refractivity contribution in [2.24, 2.45) is 0 Å². The van der Waals surface area contributed by atoms with E-state index in [9.17, 15) is 27.2 Å². The zero-order chi connectivity index (χ0) is 25.9. The molecule has 0 aliphatic carbocycles. The molecule has 9 heteroatoms. The molecular weight excluding hydrogens is 476 g/mol. The second-order valence-corrected chi connectivity index (χ2v) is 8.57. The summed E-state index contributed by atoms with van der Waals surface area (Å²) in [6, 6.07) is 20.3. The van der Waals surface area contributed by atoms with Crippen molar-refractivity contribution in [1.29, 1.82) is 0 Å². The summed E-state index contributed by atoms with van der Waals surface area (Å²) in [6.07, 6.45) is -6.31. The molecule has 1 N–H and O–H groups in total. The molecule has 0 spiro atoms. The summed E-state index contributed by atoms with van der Waals surface area (Å²) in [6.45, 7) is 1.73. The minimum absolute atomic E-state index is 0.367. The molecule has 3 aromatic rings. The Labute approximate surface area is 205 Å². The Kier molecular flexibility index (Phi) is 7.40. The van der Waals surface area contributed by atoms with Crippen molar-refractivity contribution >= 4 is 17.6 Å². The summed E-state index contributed by atoms with van der Waals surface area (Å²) in [4.78, 5) is 26.9. The third kappa shape index (κ3) is 5.57. The van der Waals surface area contributed by atoms with E-state index in [1.165, 1.54) is 23.1 Å². The van der Waals surface area contributed by atoms with E-state index in [1.807, 2.05) is 0 Å². The van der Waals surface area contributed by atoms with Gasteiger partial charge in [0.1, 0.15) is 5.82 Å². The topological polar surface area (TPSA) is 58.6 Å². The number of nitrogens with zero attached hydrogens (tertiary/aromatic N) is 1. The highest BCUT2D eigenvalue weighted by molar-refractivity contribution is 5.99. The predicted octanol–water partition coefficient (Wildman–Crippen LogP) is 5.30. The molecule has 0 saturated heterocycles. The second-order valence-electron chi connectivity index (χ2n) is 8.57. The van der Waals surface area contributed by atoms with Gasteiger partial charge in [-0.05, 0) is 54.7 Å². The average Bonchev–Trinajstić information content (AvgIpc) is 2.86. The standard InChI is InChI=1S/C27H24F4N2O3/c1-17-12-13-20-16-21(28)14-15-22(20)33(17)25(34)24(36-26(35)27(29,30)31)32-23(18-8-4-2-5-9-18)19-10-6-3-7-11-19/h2-11,14-17,23-24,32H,12-13H2,1H3. The third-order valence-electron chi connectivity index (χ3n) is 6.08. The average molecular weight is 500 g/mol. The molecular formula is C27H24F4N2O3. The molecule has 1 amide bonds. The van der Waals surface area contributed by atoms with Crippen molar-refractivity contribution in [2.45, 2.75) is 44.3 Å². The van der Waals surface area contributed by atoms with Gasteiger partial charge in [-0.1, -0.05) is 60.7 Å². The quantitative estimate of drug-likeness (QED) is 0.283. The Bertz CT molecular complexity index is 1180. The van der Waals surface area contributed by atoms with Crippen molar-refractivity contribution in [3.05, 3.63) is 101 Å². The van der Waals surface area contributed by atoms with E-state index in [2.05, 4.69) is 5.32 Å². The number of hydrogen-bond donors (Lipinski definition) is 1. The lowest BCUT2D eigenvalue weighted by atomic mass is 9.95. The number of ether oxygens (including phenoxy) is 1. The van der Waals surface area contributed by atoms with E-state index >= 15 is 0 Å². The summed E-state index contributed by atoms with van der Waals surface area (Å²) in [5.74, 6) is -3.86. The van der Waals surface area contributed by atoms with Gasteiger partial charge in [-0.15, -0.1) is 0 Å². The van der Waals surface area contributed by atoms with E-state index < -0.39 is 42.2 Å². The maximum absolute atomic E-state index is 13.8. The number of fused-ring (bicyclic) bond motifs is 1. The van der Waals surface area contributed by atoms with Crippen molar-refractivity contribution in [3.8, 4) is 0 Å². The van der Waals surface area contributed by atoms with Gasteiger partial charge in [0.25, 0.3) is 5.91 Å². The number of rotatable bonds is 6. The molecule has 1 aliphatic rings. The largest absolute Gasteiger partial charge is 0.490 e. The van der Waals surface area contributed by atoms with Crippen LogP contribution in [-0.2, 0) is 20.7 Å². The first-order chi connectivity index (χ1) is 17.1. The van der Waals surface area contributed by atoms with Gasteiger partial charge in [0.2, 0.25) is 6.23 Å². The number of aryl methyl sites for hydroxylation is 1. The predicted molar refractivity (Wildman–Crippen MR) is 125 cm³/mol. The van der Waals surface area contributed by atoms with Crippen LogP contribution in [0, 0.1) is 5.82 Å². The van der Waals surface area contributed by atoms with Gasteiger partial charge in [-0.2, -0.15) is 13.2 Å². The fourth-order valence-electron chi connectivity index (χ4n) is 4.34. The van der Waals surface area contributed by atoms with Crippen LogP contribution >= 0.6 is 0 Å². The second kappa shape index (κ2) is 10.5. The maximum atomic E-state index is 13.8. The van der Waals surface area contributed by atoms with Crippen molar-refractivity contribution < 1.29 is 31.9 Å². The van der Waals surface area contributed by atoms with Gasteiger partial charge in [0.05, 0.1) is 6.04 Å². The van der Waals surface area contributed by atoms with Crippen LogP contribution in [0.4, 0.5) is 23.2 Å². The van der Waals surface area contributed by atoms with Gasteiger partial charge in [-0.3, -0.25) is 10.1 Å². The minimum atomic E-state index is -5.30. The van der Waals surface area contributed by atoms with Gasteiger partial charge < -0.3 is 9.64 Å². The molecule has 2 unspecified atom stereocenters. The Balaban J connectivity index is 1.74. The van der Waals surface area contributed by atoms with Gasteiger partial charge in [0.15, 0.2) is 0 Å². The van der Waals surface area contributed by atoms with Crippen LogP contribution in [0.25, 0.3) is 0 Å². The summed E-state index contributed by atoms with van der Waals surface area (Å²) >= 11 is 0. The van der Waals surface area contributed by atoms with Crippen LogP contribution in [-0.4, -0.2) is 30.3 Å². The van der Waals surface area contributed by atoms with E-state index in [1.54, 1.807) is 67.6 Å². The first-order valence-electron chi connectivity index (χ1n) is 11.4. The van der Waals surface area contributed by atoms with Gasteiger partial charge >= 0.3 is 12.1 Å². The van der Waals surface area contributed by atoms with E-state index in [0.29, 0.717) is 35.2 Å². The van der Waals surface area contributed by atoms with Crippen LogP contribution < -0.4 is 10.2 Å². The fraction of sp³-hybridized carbons (Fsp3) is 0.259. The number of amides is 1. The highest BCUT2D eigenvalue weighted by Gasteiger charge is 2.45. The van der Waals surface area contributed by atoms with Gasteiger partial charge in [0, 0.05) is 11.7 Å². The molecule has 1 aliphatic heterocycles. The molecule has 1 heterocycles. The molecule has 0 saturated carbocycles. The number of halogens is 4. The third-order valence-corrected chi connectivity index (χ3v) is 6.08. The maximum Gasteiger partial charge on any atom is 0.490 e. The zero-order valence-corrected chi connectivity index (χ0v) is 19.3. The lowest BCUT2D eigenvalue weighted by Gasteiger charge is -2.38. The highest BCUT2D eigenvalue weighted by atomic mass is 19.4. The molecule has 5 nitrogen and oxygen atoms in total. The first-order valence-corrected chi connectivity index (χ1v) is 11.4. The first kappa shape index (κ1) is 25.4. The van der Waals surface area contributed by atoms with E-state index in [4.69, 9.17) is 4.74 Å². The number of carbonyl (C=O) groups is 2. The normalized spacial score (nSPS) is 16.4. The lowest BCUT2D eigenvalue weighted by molar-refractivity contribution is -0.206. The lowest BCUT2D eigenvalue weighted by Crippen LogP contribution is -2.55. The SMILES string of the molecule is CC1CCc2cc(F)ccc2N1C(=O)C(NC(c1ccccc1)c1ccccc1)OC(=O)C(F)(F)F. The molecule has 36 heavy (non-hydrogen) atoms. The van der Waals surface area contributed by atoms with Crippen LogP contribution in [0.15, 0.2) is 78.9 Å². The Morgan fingerprint density at radius 3 is 2.11 bits per heavy atom. The molecule has 188 valence electrons. The molecule has 3 aromatic carbocycles. The zero-order valence-electron chi connectivity index (χ0n) is 19.3. The summed E-state index contributed by atoms with van der Waals surface area (Å²) in [5.41, 5.74) is 2.22. The fourth-order valence-corrected chi connectivity index (χ4v) is 4.34. The summed E-state index contributed by atoms with van der Waals surface area (Å²) in [5, 5.41) is 2.84. The number of nitrogens with one attached hydrogen (secondary N) is 1.